The van der Waals surface area contributed by atoms with Gasteiger partial charge in [0.1, 0.15) is 4.90 Å². The Morgan fingerprint density at radius 3 is 3.05 bits per heavy atom. The first-order chi connectivity index (χ1) is 10.1. The zero-order valence-electron chi connectivity index (χ0n) is 12.4. The van der Waals surface area contributed by atoms with Crippen molar-refractivity contribution in [3.63, 3.8) is 0 Å². The second-order valence-electron chi connectivity index (χ2n) is 5.22. The van der Waals surface area contributed by atoms with E-state index in [9.17, 15) is 8.42 Å². The lowest BCUT2D eigenvalue weighted by molar-refractivity contribution is 0.541. The van der Waals surface area contributed by atoms with Gasteiger partial charge in [0.25, 0.3) is 0 Å². The fourth-order valence-corrected chi connectivity index (χ4v) is 4.67. The van der Waals surface area contributed by atoms with Crippen molar-refractivity contribution in [2.24, 2.45) is 0 Å². The SMILES string of the molecule is CCCNCCCn1cc(S(=O)(=O)NC2CCSC2)cn1. The van der Waals surface area contributed by atoms with Gasteiger partial charge in [0.05, 0.1) is 6.20 Å². The third-order valence-corrected chi connectivity index (χ3v) is 5.98. The van der Waals surface area contributed by atoms with Crippen LogP contribution in [0.25, 0.3) is 0 Å². The van der Waals surface area contributed by atoms with E-state index >= 15 is 0 Å². The molecule has 0 aromatic carbocycles. The number of aryl methyl sites for hydroxylation is 1. The minimum atomic E-state index is -3.42. The molecule has 1 aliphatic rings. The summed E-state index contributed by atoms with van der Waals surface area (Å²) in [6.45, 7) is 4.80. The predicted octanol–water partition coefficient (Wildman–Crippen LogP) is 1.06. The molecule has 6 nitrogen and oxygen atoms in total. The van der Waals surface area contributed by atoms with E-state index in [-0.39, 0.29) is 10.9 Å². The molecule has 1 aromatic rings. The van der Waals surface area contributed by atoms with Crippen LogP contribution >= 0.6 is 11.8 Å². The Labute approximate surface area is 131 Å². The summed E-state index contributed by atoms with van der Waals surface area (Å²) < 4.78 is 28.9. The highest BCUT2D eigenvalue weighted by molar-refractivity contribution is 7.99. The highest BCUT2D eigenvalue weighted by Crippen LogP contribution is 2.19. The lowest BCUT2D eigenvalue weighted by Gasteiger charge is -2.10. The van der Waals surface area contributed by atoms with Crippen LogP contribution in [0.15, 0.2) is 17.3 Å². The zero-order chi connectivity index (χ0) is 15.1. The van der Waals surface area contributed by atoms with Crippen LogP contribution in [0.5, 0.6) is 0 Å². The summed E-state index contributed by atoms with van der Waals surface area (Å²) in [5.74, 6) is 1.88. The average Bonchev–Trinajstić information content (AvgIpc) is 3.09. The quantitative estimate of drug-likeness (QED) is 0.661. The molecule has 1 fully saturated rings. The molecule has 1 atom stereocenters. The first kappa shape index (κ1) is 16.8. The minimum absolute atomic E-state index is 0.0570. The number of hydrogen-bond acceptors (Lipinski definition) is 5. The largest absolute Gasteiger partial charge is 0.317 e. The van der Waals surface area contributed by atoms with Crippen molar-refractivity contribution < 1.29 is 8.42 Å². The molecule has 0 saturated carbocycles. The maximum atomic E-state index is 12.2. The number of aromatic nitrogens is 2. The molecular weight excluding hydrogens is 308 g/mol. The van der Waals surface area contributed by atoms with E-state index in [1.54, 1.807) is 22.6 Å². The summed E-state index contributed by atoms with van der Waals surface area (Å²) in [7, 11) is -3.42. The van der Waals surface area contributed by atoms with Crippen LogP contribution in [0.2, 0.25) is 0 Å². The normalized spacial score (nSPS) is 19.2. The monoisotopic (exact) mass is 332 g/mol. The summed E-state index contributed by atoms with van der Waals surface area (Å²) in [6, 6.07) is 0.0570. The highest BCUT2D eigenvalue weighted by atomic mass is 32.2. The van der Waals surface area contributed by atoms with E-state index in [2.05, 4.69) is 22.1 Å². The van der Waals surface area contributed by atoms with Gasteiger partial charge in [-0.3, -0.25) is 4.68 Å². The molecule has 0 amide bonds. The first-order valence-electron chi connectivity index (χ1n) is 7.45. The lowest BCUT2D eigenvalue weighted by Crippen LogP contribution is -2.34. The molecule has 2 rings (SSSR count). The van der Waals surface area contributed by atoms with E-state index < -0.39 is 10.0 Å². The molecule has 0 aliphatic carbocycles. The number of rotatable bonds is 9. The summed E-state index contributed by atoms with van der Waals surface area (Å²) >= 11 is 1.79. The fourth-order valence-electron chi connectivity index (χ4n) is 2.19. The fraction of sp³-hybridized carbons (Fsp3) is 0.769. The first-order valence-corrected chi connectivity index (χ1v) is 10.1. The van der Waals surface area contributed by atoms with Crippen molar-refractivity contribution in [3.8, 4) is 0 Å². The van der Waals surface area contributed by atoms with Crippen LogP contribution in [-0.2, 0) is 16.6 Å². The topological polar surface area (TPSA) is 76.0 Å². The van der Waals surface area contributed by atoms with E-state index in [0.717, 1.165) is 50.4 Å². The van der Waals surface area contributed by atoms with Gasteiger partial charge in [-0.15, -0.1) is 0 Å². The van der Waals surface area contributed by atoms with Crippen LogP contribution in [0.1, 0.15) is 26.2 Å². The Balaban J connectivity index is 1.83. The molecule has 2 N–H and O–H groups in total. The minimum Gasteiger partial charge on any atom is -0.317 e. The van der Waals surface area contributed by atoms with E-state index in [1.807, 2.05) is 0 Å². The molecule has 120 valence electrons. The molecule has 1 saturated heterocycles. The Bertz CT molecular complexity index is 524. The summed E-state index contributed by atoms with van der Waals surface area (Å²) in [5.41, 5.74) is 0. The molecule has 1 unspecified atom stereocenters. The van der Waals surface area contributed by atoms with Crippen molar-refractivity contribution in [1.82, 2.24) is 19.8 Å². The van der Waals surface area contributed by atoms with E-state index in [0.29, 0.717) is 0 Å². The predicted molar refractivity (Wildman–Crippen MR) is 86.1 cm³/mol. The van der Waals surface area contributed by atoms with E-state index in [4.69, 9.17) is 0 Å². The molecular formula is C13H24N4O2S2. The van der Waals surface area contributed by atoms with Gasteiger partial charge in [0, 0.05) is 24.5 Å². The van der Waals surface area contributed by atoms with Gasteiger partial charge in [-0.1, -0.05) is 6.92 Å². The Morgan fingerprint density at radius 1 is 1.48 bits per heavy atom. The van der Waals surface area contributed by atoms with Crippen LogP contribution < -0.4 is 10.0 Å². The van der Waals surface area contributed by atoms with Crippen molar-refractivity contribution in [2.45, 2.75) is 43.7 Å². The van der Waals surface area contributed by atoms with Crippen molar-refractivity contribution in [2.75, 3.05) is 24.6 Å². The Morgan fingerprint density at radius 2 is 2.33 bits per heavy atom. The van der Waals surface area contributed by atoms with Gasteiger partial charge in [-0.25, -0.2) is 13.1 Å². The zero-order valence-corrected chi connectivity index (χ0v) is 14.0. The molecule has 8 heteroatoms. The second kappa shape index (κ2) is 8.17. The molecule has 1 aromatic heterocycles. The molecule has 0 radical (unpaired) electrons. The van der Waals surface area contributed by atoms with Gasteiger partial charge in [-0.05, 0) is 38.1 Å². The molecule has 0 spiro atoms. The van der Waals surface area contributed by atoms with Crippen LogP contribution in [0, 0.1) is 0 Å². The van der Waals surface area contributed by atoms with Gasteiger partial charge in [0.2, 0.25) is 10.0 Å². The highest BCUT2D eigenvalue weighted by Gasteiger charge is 2.24. The van der Waals surface area contributed by atoms with Gasteiger partial charge >= 0.3 is 0 Å². The standard InChI is InChI=1S/C13H24N4O2S2/c1-2-5-14-6-3-7-17-10-13(9-15-17)21(18,19)16-12-4-8-20-11-12/h9-10,12,14,16H,2-8,11H2,1H3. The average molecular weight is 332 g/mol. The van der Waals surface area contributed by atoms with Crippen molar-refractivity contribution in [1.29, 1.82) is 0 Å². The van der Waals surface area contributed by atoms with Crippen molar-refractivity contribution in [3.05, 3.63) is 12.4 Å². The number of nitrogens with zero attached hydrogens (tertiary/aromatic N) is 2. The van der Waals surface area contributed by atoms with E-state index in [1.165, 1.54) is 6.20 Å². The number of hydrogen-bond donors (Lipinski definition) is 2. The lowest BCUT2D eigenvalue weighted by atomic mass is 10.3. The smallest absolute Gasteiger partial charge is 0.243 e. The third kappa shape index (κ3) is 5.28. The van der Waals surface area contributed by atoms with Crippen LogP contribution in [0.3, 0.4) is 0 Å². The second-order valence-corrected chi connectivity index (χ2v) is 8.09. The summed E-state index contributed by atoms with van der Waals surface area (Å²) in [5, 5.41) is 7.46. The summed E-state index contributed by atoms with van der Waals surface area (Å²) in [4.78, 5) is 0.265. The molecule has 0 bridgehead atoms. The Kier molecular flexibility index (Phi) is 6.53. The van der Waals surface area contributed by atoms with Crippen molar-refractivity contribution >= 4 is 21.8 Å². The van der Waals surface area contributed by atoms with Crippen LogP contribution in [-0.4, -0.2) is 48.8 Å². The Hall–Kier alpha value is -0.570. The molecule has 1 aliphatic heterocycles. The third-order valence-electron chi connectivity index (χ3n) is 3.34. The maximum absolute atomic E-state index is 12.2. The van der Waals surface area contributed by atoms with Gasteiger partial charge in [-0.2, -0.15) is 16.9 Å². The molecule has 2 heterocycles. The number of sulfonamides is 1. The van der Waals surface area contributed by atoms with Crippen LogP contribution in [0.4, 0.5) is 0 Å². The number of thioether (sulfide) groups is 1. The van der Waals surface area contributed by atoms with Gasteiger partial charge in [0.15, 0.2) is 0 Å². The summed E-state index contributed by atoms with van der Waals surface area (Å²) in [6.07, 6.45) is 6.01. The number of nitrogens with one attached hydrogen (secondary N) is 2. The maximum Gasteiger partial charge on any atom is 0.243 e. The molecule has 21 heavy (non-hydrogen) atoms. The van der Waals surface area contributed by atoms with Gasteiger partial charge < -0.3 is 5.32 Å².